The van der Waals surface area contributed by atoms with Gasteiger partial charge in [0.05, 0.1) is 17.2 Å². The largest absolute Gasteiger partial charge is 0.326 e. The SMILES string of the molecule is CN(CCS(=O)(=O)c1ccc(CN)cc1)CC(F)F. The fourth-order valence-corrected chi connectivity index (χ4v) is 2.89. The van der Waals surface area contributed by atoms with Gasteiger partial charge in [0.15, 0.2) is 9.84 Å². The fourth-order valence-electron chi connectivity index (χ4n) is 1.55. The van der Waals surface area contributed by atoms with Crippen molar-refractivity contribution in [3.63, 3.8) is 0 Å². The number of nitrogens with two attached hydrogens (primary N) is 1. The highest BCUT2D eigenvalue weighted by Crippen LogP contribution is 2.12. The molecule has 0 saturated heterocycles. The second kappa shape index (κ2) is 6.93. The second-order valence-electron chi connectivity index (χ2n) is 4.32. The lowest BCUT2D eigenvalue weighted by atomic mass is 10.2. The third kappa shape index (κ3) is 5.22. The minimum atomic E-state index is -3.44. The average Bonchev–Trinajstić information content (AvgIpc) is 2.36. The summed E-state index contributed by atoms with van der Waals surface area (Å²) in [5.74, 6) is -0.182. The summed E-state index contributed by atoms with van der Waals surface area (Å²) < 4.78 is 48.2. The van der Waals surface area contributed by atoms with Gasteiger partial charge in [-0.15, -0.1) is 0 Å². The van der Waals surface area contributed by atoms with Gasteiger partial charge in [-0.1, -0.05) is 12.1 Å². The number of sulfone groups is 1. The van der Waals surface area contributed by atoms with Crippen molar-refractivity contribution in [2.45, 2.75) is 17.9 Å². The Labute approximate surface area is 112 Å². The van der Waals surface area contributed by atoms with Crippen molar-refractivity contribution in [2.75, 3.05) is 25.9 Å². The van der Waals surface area contributed by atoms with Gasteiger partial charge in [-0.25, -0.2) is 17.2 Å². The summed E-state index contributed by atoms with van der Waals surface area (Å²) in [5.41, 5.74) is 6.27. The summed E-state index contributed by atoms with van der Waals surface area (Å²) in [4.78, 5) is 1.49. The summed E-state index contributed by atoms with van der Waals surface area (Å²) in [6.45, 7) is -0.00952. The Hall–Kier alpha value is -1.05. The maximum absolute atomic E-state index is 12.1. The minimum Gasteiger partial charge on any atom is -0.326 e. The topological polar surface area (TPSA) is 63.4 Å². The van der Waals surface area contributed by atoms with Crippen molar-refractivity contribution < 1.29 is 17.2 Å². The van der Waals surface area contributed by atoms with E-state index >= 15 is 0 Å². The van der Waals surface area contributed by atoms with Crippen molar-refractivity contribution >= 4 is 9.84 Å². The Morgan fingerprint density at radius 2 is 1.84 bits per heavy atom. The summed E-state index contributed by atoms with van der Waals surface area (Å²) in [5, 5.41) is 0. The van der Waals surface area contributed by atoms with Crippen LogP contribution in [0.2, 0.25) is 0 Å². The number of nitrogens with zero attached hydrogens (tertiary/aromatic N) is 1. The molecule has 0 unspecified atom stereocenters. The van der Waals surface area contributed by atoms with Crippen molar-refractivity contribution in [1.82, 2.24) is 4.90 Å². The Morgan fingerprint density at radius 1 is 1.26 bits per heavy atom. The monoisotopic (exact) mass is 292 g/mol. The minimum absolute atomic E-state index is 0.0747. The van der Waals surface area contributed by atoms with Crippen LogP contribution in [0.15, 0.2) is 29.2 Å². The maximum Gasteiger partial charge on any atom is 0.251 e. The van der Waals surface area contributed by atoms with E-state index < -0.39 is 22.8 Å². The van der Waals surface area contributed by atoms with Crippen molar-refractivity contribution in [3.05, 3.63) is 29.8 Å². The second-order valence-corrected chi connectivity index (χ2v) is 6.43. The number of halogens is 2. The number of benzene rings is 1. The first-order chi connectivity index (χ1) is 8.85. The molecular weight excluding hydrogens is 274 g/mol. The molecule has 4 nitrogen and oxygen atoms in total. The Balaban J connectivity index is 2.65. The molecule has 0 saturated carbocycles. The summed E-state index contributed by atoms with van der Waals surface area (Å²) in [6.07, 6.45) is -2.46. The number of hydrogen-bond acceptors (Lipinski definition) is 4. The van der Waals surface area contributed by atoms with Crippen LogP contribution in [-0.2, 0) is 16.4 Å². The van der Waals surface area contributed by atoms with Crippen LogP contribution in [0.1, 0.15) is 5.56 Å². The predicted molar refractivity (Wildman–Crippen MR) is 69.9 cm³/mol. The molecular formula is C12H18F2N2O2S. The molecule has 0 radical (unpaired) electrons. The molecule has 0 aromatic heterocycles. The molecule has 0 aliphatic heterocycles. The first kappa shape index (κ1) is 16.0. The van der Waals surface area contributed by atoms with Gasteiger partial charge in [-0.3, -0.25) is 4.90 Å². The summed E-state index contributed by atoms with van der Waals surface area (Å²) in [6, 6.07) is 6.28. The molecule has 7 heteroatoms. The molecule has 0 atom stereocenters. The molecule has 1 rings (SSSR count). The first-order valence-electron chi connectivity index (χ1n) is 5.83. The number of hydrogen-bond donors (Lipinski definition) is 1. The maximum atomic E-state index is 12.1. The van der Waals surface area contributed by atoms with Crippen LogP contribution >= 0.6 is 0 Å². The zero-order valence-corrected chi connectivity index (χ0v) is 11.5. The lowest BCUT2D eigenvalue weighted by molar-refractivity contribution is 0.103. The highest BCUT2D eigenvalue weighted by atomic mass is 32.2. The molecule has 0 fully saturated rings. The van der Waals surface area contributed by atoms with Crippen LogP contribution in [0, 0.1) is 0 Å². The standard InChI is InChI=1S/C12H18F2N2O2S/c1-16(9-12(13)14)6-7-19(17,18)11-4-2-10(8-15)3-5-11/h2-5,12H,6-9,15H2,1H3. The van der Waals surface area contributed by atoms with Crippen LogP contribution < -0.4 is 5.73 Å². The van der Waals surface area contributed by atoms with Gasteiger partial charge < -0.3 is 5.73 Å². The van der Waals surface area contributed by atoms with E-state index in [9.17, 15) is 17.2 Å². The van der Waals surface area contributed by atoms with Crippen molar-refractivity contribution in [1.29, 1.82) is 0 Å². The first-order valence-corrected chi connectivity index (χ1v) is 7.49. The van der Waals surface area contributed by atoms with E-state index in [1.165, 1.54) is 24.1 Å². The zero-order chi connectivity index (χ0) is 14.5. The normalized spacial score (nSPS) is 12.3. The summed E-state index contributed by atoms with van der Waals surface area (Å²) >= 11 is 0. The molecule has 0 heterocycles. The third-order valence-electron chi connectivity index (χ3n) is 2.71. The van der Waals surface area contributed by atoms with Gasteiger partial charge in [0.25, 0.3) is 6.43 Å². The van der Waals surface area contributed by atoms with Gasteiger partial charge in [0, 0.05) is 13.1 Å². The molecule has 19 heavy (non-hydrogen) atoms. The number of rotatable bonds is 7. The van der Waals surface area contributed by atoms with E-state index in [1.54, 1.807) is 12.1 Å². The van der Waals surface area contributed by atoms with Crippen LogP contribution in [0.5, 0.6) is 0 Å². The van der Waals surface area contributed by atoms with E-state index in [1.807, 2.05) is 0 Å². The van der Waals surface area contributed by atoms with Gasteiger partial charge in [-0.2, -0.15) is 0 Å². The lowest BCUT2D eigenvalue weighted by Gasteiger charge is -2.15. The Bertz CT molecular complexity index is 489. The smallest absolute Gasteiger partial charge is 0.251 e. The van der Waals surface area contributed by atoms with Crippen LogP contribution in [0.3, 0.4) is 0 Å². The predicted octanol–water partition coefficient (Wildman–Crippen LogP) is 1.12. The molecule has 108 valence electrons. The van der Waals surface area contributed by atoms with Gasteiger partial charge in [-0.05, 0) is 24.7 Å². The Morgan fingerprint density at radius 3 is 2.32 bits per heavy atom. The Kier molecular flexibility index (Phi) is 5.84. The van der Waals surface area contributed by atoms with Crippen LogP contribution in [0.4, 0.5) is 8.78 Å². The van der Waals surface area contributed by atoms with E-state index in [0.717, 1.165) is 5.56 Å². The molecule has 0 aliphatic carbocycles. The van der Waals surface area contributed by atoms with Gasteiger partial charge in [0.1, 0.15) is 0 Å². The highest BCUT2D eigenvalue weighted by molar-refractivity contribution is 7.91. The molecule has 2 N–H and O–H groups in total. The van der Waals surface area contributed by atoms with Gasteiger partial charge in [0.2, 0.25) is 0 Å². The van der Waals surface area contributed by atoms with Crippen LogP contribution in [0.25, 0.3) is 0 Å². The molecule has 1 aromatic rings. The van der Waals surface area contributed by atoms with E-state index in [4.69, 9.17) is 5.73 Å². The molecule has 0 spiro atoms. The lowest BCUT2D eigenvalue weighted by Crippen LogP contribution is -2.29. The highest BCUT2D eigenvalue weighted by Gasteiger charge is 2.16. The van der Waals surface area contributed by atoms with E-state index in [-0.39, 0.29) is 17.2 Å². The van der Waals surface area contributed by atoms with E-state index in [2.05, 4.69) is 0 Å². The number of alkyl halides is 2. The fraction of sp³-hybridized carbons (Fsp3) is 0.500. The molecule has 0 amide bonds. The molecule has 1 aromatic carbocycles. The van der Waals surface area contributed by atoms with E-state index in [0.29, 0.717) is 6.54 Å². The van der Waals surface area contributed by atoms with Crippen molar-refractivity contribution in [2.24, 2.45) is 5.73 Å². The molecule has 0 bridgehead atoms. The quantitative estimate of drug-likeness (QED) is 0.818. The zero-order valence-electron chi connectivity index (χ0n) is 10.7. The summed E-state index contributed by atoms with van der Waals surface area (Å²) in [7, 11) is -1.97. The third-order valence-corrected chi connectivity index (χ3v) is 4.42. The van der Waals surface area contributed by atoms with Gasteiger partial charge >= 0.3 is 0 Å². The van der Waals surface area contributed by atoms with Crippen molar-refractivity contribution in [3.8, 4) is 0 Å². The van der Waals surface area contributed by atoms with Crippen LogP contribution in [-0.4, -0.2) is 45.6 Å². The average molecular weight is 292 g/mol. The molecule has 0 aliphatic rings.